The van der Waals surface area contributed by atoms with Crippen LogP contribution in [0.15, 0.2) is 40.0 Å². The van der Waals surface area contributed by atoms with Gasteiger partial charge in [0.25, 0.3) is 10.0 Å². The monoisotopic (exact) mass is 370 g/mol. The maximum absolute atomic E-state index is 12.0. The van der Waals surface area contributed by atoms with Crippen LogP contribution in [0.3, 0.4) is 0 Å². The number of hydrogen-bond acceptors (Lipinski definition) is 4. The molecule has 0 fully saturated rings. The van der Waals surface area contributed by atoms with Gasteiger partial charge in [-0.3, -0.25) is 9.58 Å². The smallest absolute Gasteiger partial charge is 0.285 e. The number of anilines is 1. The molecule has 0 unspecified atom stereocenters. The molecule has 1 aliphatic rings. The number of rotatable bonds is 2. The van der Waals surface area contributed by atoms with Gasteiger partial charge >= 0.3 is 6.03 Å². The van der Waals surface area contributed by atoms with Crippen LogP contribution in [-0.2, 0) is 23.6 Å². The normalized spacial score (nSPS) is 16.5. The van der Waals surface area contributed by atoms with Crippen molar-refractivity contribution in [3.05, 3.63) is 40.5 Å². The SMILES string of the molecule is Cn1ncc2c1S(=O)(=O)NC(=O)N2Cc1ccc(Br)cc1. The maximum atomic E-state index is 12.0. The van der Waals surface area contributed by atoms with E-state index in [4.69, 9.17) is 0 Å². The number of halogens is 1. The summed E-state index contributed by atoms with van der Waals surface area (Å²) in [6.45, 7) is 0.257. The summed E-state index contributed by atoms with van der Waals surface area (Å²) >= 11 is 3.34. The highest BCUT2D eigenvalue weighted by Gasteiger charge is 2.37. The summed E-state index contributed by atoms with van der Waals surface area (Å²) in [5, 5.41) is 3.92. The first-order valence-electron chi connectivity index (χ1n) is 5.99. The predicted octanol–water partition coefficient (Wildman–Crippen LogP) is 1.60. The minimum absolute atomic E-state index is 0.0146. The first-order valence-corrected chi connectivity index (χ1v) is 8.27. The number of amides is 2. The molecule has 0 saturated carbocycles. The molecule has 0 saturated heterocycles. The highest BCUT2D eigenvalue weighted by molar-refractivity contribution is 9.10. The van der Waals surface area contributed by atoms with Gasteiger partial charge in [-0.2, -0.15) is 13.5 Å². The van der Waals surface area contributed by atoms with E-state index in [-0.39, 0.29) is 17.3 Å². The lowest BCUT2D eigenvalue weighted by Gasteiger charge is -2.27. The Bertz CT molecular complexity index is 814. The molecule has 1 aliphatic heterocycles. The Hall–Kier alpha value is -1.87. The summed E-state index contributed by atoms with van der Waals surface area (Å²) in [6.07, 6.45) is 1.38. The molecule has 1 N–H and O–H groups in total. The second-order valence-corrected chi connectivity index (χ2v) is 7.10. The van der Waals surface area contributed by atoms with Gasteiger partial charge in [-0.05, 0) is 17.7 Å². The van der Waals surface area contributed by atoms with Crippen molar-refractivity contribution in [1.29, 1.82) is 0 Å². The standard InChI is InChI=1S/C12H11BrN4O3S/c1-16-11-10(6-14-16)17(12(18)15-21(11,19)20)7-8-2-4-9(13)5-3-8/h2-6H,7H2,1H3,(H,15,18). The third-order valence-electron chi connectivity index (χ3n) is 3.13. The molecule has 2 heterocycles. The molecule has 2 aromatic rings. The Morgan fingerprint density at radius 3 is 2.62 bits per heavy atom. The Morgan fingerprint density at radius 1 is 1.29 bits per heavy atom. The van der Waals surface area contributed by atoms with Gasteiger partial charge < -0.3 is 0 Å². The van der Waals surface area contributed by atoms with Gasteiger partial charge in [0.1, 0.15) is 5.69 Å². The lowest BCUT2D eigenvalue weighted by molar-refractivity contribution is 0.250. The van der Waals surface area contributed by atoms with Crippen LogP contribution in [0.5, 0.6) is 0 Å². The van der Waals surface area contributed by atoms with Crippen molar-refractivity contribution in [1.82, 2.24) is 14.5 Å². The molecule has 2 amide bonds. The quantitative estimate of drug-likeness (QED) is 0.869. The van der Waals surface area contributed by atoms with Gasteiger partial charge in [0.05, 0.1) is 12.7 Å². The van der Waals surface area contributed by atoms with Crippen LogP contribution in [-0.4, -0.2) is 24.2 Å². The summed E-state index contributed by atoms with van der Waals surface area (Å²) in [6, 6.07) is 6.75. The third kappa shape index (κ3) is 2.42. The molecule has 7 nitrogen and oxygen atoms in total. The number of sulfonamides is 1. The summed E-state index contributed by atoms with van der Waals surface area (Å²) in [5.41, 5.74) is 1.16. The fraction of sp³-hybridized carbons (Fsp3) is 0.167. The highest BCUT2D eigenvalue weighted by Crippen LogP contribution is 2.29. The number of nitrogens with one attached hydrogen (secondary N) is 1. The van der Waals surface area contributed by atoms with Crippen molar-refractivity contribution in [2.45, 2.75) is 11.6 Å². The van der Waals surface area contributed by atoms with Gasteiger partial charge in [-0.25, -0.2) is 9.52 Å². The van der Waals surface area contributed by atoms with Crippen LogP contribution < -0.4 is 9.62 Å². The molecule has 3 rings (SSSR count). The molecular weight excluding hydrogens is 360 g/mol. The molecule has 9 heteroatoms. The molecule has 1 aromatic carbocycles. The summed E-state index contributed by atoms with van der Waals surface area (Å²) in [7, 11) is -2.34. The minimum Gasteiger partial charge on any atom is -0.285 e. The number of benzene rings is 1. The predicted molar refractivity (Wildman–Crippen MR) is 79.3 cm³/mol. The van der Waals surface area contributed by atoms with Crippen molar-refractivity contribution < 1.29 is 13.2 Å². The third-order valence-corrected chi connectivity index (χ3v) is 5.09. The lowest BCUT2D eigenvalue weighted by atomic mass is 10.2. The topological polar surface area (TPSA) is 84.3 Å². The zero-order valence-electron chi connectivity index (χ0n) is 10.9. The van der Waals surface area contributed by atoms with Crippen molar-refractivity contribution in [3.8, 4) is 0 Å². The minimum atomic E-state index is -3.86. The number of urea groups is 1. The van der Waals surface area contributed by atoms with Crippen LogP contribution >= 0.6 is 15.9 Å². The average Bonchev–Trinajstić information content (AvgIpc) is 2.79. The van der Waals surface area contributed by atoms with Gasteiger partial charge in [-0.15, -0.1) is 0 Å². The molecular formula is C12H11BrN4O3S. The van der Waals surface area contributed by atoms with E-state index in [0.29, 0.717) is 0 Å². The number of hydrogen-bond donors (Lipinski definition) is 1. The van der Waals surface area contributed by atoms with Crippen LogP contribution in [0.2, 0.25) is 0 Å². The van der Waals surface area contributed by atoms with Gasteiger partial charge in [0.15, 0.2) is 5.03 Å². The van der Waals surface area contributed by atoms with E-state index in [1.54, 1.807) is 0 Å². The number of aryl methyl sites for hydroxylation is 1. The van der Waals surface area contributed by atoms with Crippen LogP contribution in [0.25, 0.3) is 0 Å². The second kappa shape index (κ2) is 4.85. The Balaban J connectivity index is 2.03. The molecule has 0 atom stereocenters. The van der Waals surface area contributed by atoms with Crippen molar-refractivity contribution in [2.24, 2.45) is 7.05 Å². The Labute approximate surface area is 129 Å². The van der Waals surface area contributed by atoms with Crippen molar-refractivity contribution >= 4 is 37.7 Å². The van der Waals surface area contributed by atoms with Gasteiger partial charge in [0, 0.05) is 11.5 Å². The highest BCUT2D eigenvalue weighted by atomic mass is 79.9. The molecule has 0 radical (unpaired) electrons. The van der Waals surface area contributed by atoms with Gasteiger partial charge in [0.2, 0.25) is 0 Å². The van der Waals surface area contributed by atoms with E-state index in [2.05, 4.69) is 21.0 Å². The fourth-order valence-electron chi connectivity index (χ4n) is 2.17. The van der Waals surface area contributed by atoms with E-state index in [1.165, 1.54) is 22.8 Å². The Kier molecular flexibility index (Phi) is 3.25. The zero-order chi connectivity index (χ0) is 15.2. The summed E-state index contributed by atoms with van der Waals surface area (Å²) < 4.78 is 28.1. The number of carbonyl (C=O) groups excluding carboxylic acids is 1. The summed E-state index contributed by atoms with van der Waals surface area (Å²) in [5.74, 6) is 0. The van der Waals surface area contributed by atoms with E-state index < -0.39 is 16.1 Å². The fourth-order valence-corrected chi connectivity index (χ4v) is 3.70. The van der Waals surface area contributed by atoms with Gasteiger partial charge in [-0.1, -0.05) is 28.1 Å². The zero-order valence-corrected chi connectivity index (χ0v) is 13.3. The molecule has 21 heavy (non-hydrogen) atoms. The van der Waals surface area contributed by atoms with E-state index in [0.717, 1.165) is 10.0 Å². The summed E-state index contributed by atoms with van der Waals surface area (Å²) in [4.78, 5) is 13.4. The number of carbonyl (C=O) groups is 1. The maximum Gasteiger partial charge on any atom is 0.336 e. The molecule has 1 aromatic heterocycles. The lowest BCUT2D eigenvalue weighted by Crippen LogP contribution is -2.47. The van der Waals surface area contributed by atoms with Crippen molar-refractivity contribution in [2.75, 3.05) is 4.90 Å². The molecule has 0 bridgehead atoms. The number of fused-ring (bicyclic) bond motifs is 1. The first-order chi connectivity index (χ1) is 9.88. The van der Waals surface area contributed by atoms with Crippen LogP contribution in [0, 0.1) is 0 Å². The average molecular weight is 371 g/mol. The first kappa shape index (κ1) is 14.1. The van der Waals surface area contributed by atoms with E-state index in [9.17, 15) is 13.2 Å². The van der Waals surface area contributed by atoms with Crippen molar-refractivity contribution in [3.63, 3.8) is 0 Å². The van der Waals surface area contributed by atoms with E-state index >= 15 is 0 Å². The van der Waals surface area contributed by atoms with Crippen LogP contribution in [0.1, 0.15) is 5.56 Å². The second-order valence-electron chi connectivity index (χ2n) is 4.58. The molecule has 0 spiro atoms. The Morgan fingerprint density at radius 2 is 1.95 bits per heavy atom. The number of nitrogens with zero attached hydrogens (tertiary/aromatic N) is 3. The van der Waals surface area contributed by atoms with Crippen LogP contribution in [0.4, 0.5) is 10.5 Å². The largest absolute Gasteiger partial charge is 0.336 e. The molecule has 110 valence electrons. The van der Waals surface area contributed by atoms with E-state index in [1.807, 2.05) is 29.0 Å². The molecule has 0 aliphatic carbocycles. The number of aromatic nitrogens is 2.